The van der Waals surface area contributed by atoms with E-state index in [1.165, 1.54) is 0 Å². The molecule has 1 N–H and O–H groups in total. The van der Waals surface area contributed by atoms with Crippen molar-refractivity contribution < 1.29 is 9.52 Å². The van der Waals surface area contributed by atoms with Crippen molar-refractivity contribution in [1.29, 1.82) is 0 Å². The van der Waals surface area contributed by atoms with E-state index >= 15 is 0 Å². The van der Waals surface area contributed by atoms with Gasteiger partial charge in [-0.2, -0.15) is 0 Å². The number of benzene rings is 1. The van der Waals surface area contributed by atoms with Crippen molar-refractivity contribution in [2.24, 2.45) is 0 Å². The topological polar surface area (TPSA) is 46.3 Å². The molecule has 22 heavy (non-hydrogen) atoms. The second kappa shape index (κ2) is 6.06. The molecule has 3 nitrogen and oxygen atoms in total. The van der Waals surface area contributed by atoms with E-state index in [2.05, 4.69) is 25.8 Å². The quantitative estimate of drug-likeness (QED) is 0.819. The molecule has 0 radical (unpaired) electrons. The number of thioether (sulfide) groups is 1. The van der Waals surface area contributed by atoms with Gasteiger partial charge in [0.1, 0.15) is 5.52 Å². The van der Waals surface area contributed by atoms with Crippen molar-refractivity contribution in [3.63, 3.8) is 0 Å². The first-order valence-corrected chi connectivity index (χ1v) is 9.06. The highest BCUT2D eigenvalue weighted by Gasteiger charge is 2.28. The van der Waals surface area contributed by atoms with Crippen molar-refractivity contribution in [1.82, 2.24) is 4.98 Å². The molecule has 0 saturated heterocycles. The zero-order valence-electron chi connectivity index (χ0n) is 13.2. The predicted octanol–water partition coefficient (Wildman–Crippen LogP) is 5.17. The fraction of sp³-hybridized carbons (Fsp3) is 0.588. The Kier molecular flexibility index (Phi) is 4.45. The first kappa shape index (κ1) is 16.2. The molecule has 1 fully saturated rings. The maximum atomic E-state index is 10.2. The molecule has 120 valence electrons. The Labute approximate surface area is 140 Å². The Morgan fingerprint density at radius 3 is 2.68 bits per heavy atom. The number of nitrogens with zero attached hydrogens (tertiary/aromatic N) is 1. The number of hydrogen-bond acceptors (Lipinski definition) is 4. The molecule has 0 amide bonds. The zero-order chi connectivity index (χ0) is 15.9. The molecule has 3 rings (SSSR count). The second-order valence-electron chi connectivity index (χ2n) is 7.00. The van der Waals surface area contributed by atoms with Crippen LogP contribution in [0.15, 0.2) is 21.4 Å². The third-order valence-corrected chi connectivity index (χ3v) is 5.96. The average molecular weight is 340 g/mol. The standard InChI is InChI=1S/C17H22ClNO2S/c1-17(2,3)16-19-11-9-8-10(18)15(14(11)21-16)22-13-7-5-4-6-12(13)20/h8-9,12-13,20H,4-7H2,1-3H3. The molecular formula is C17H22ClNO2S. The van der Waals surface area contributed by atoms with E-state index in [4.69, 9.17) is 16.0 Å². The molecule has 0 bridgehead atoms. The van der Waals surface area contributed by atoms with Crippen LogP contribution in [0.4, 0.5) is 0 Å². The summed E-state index contributed by atoms with van der Waals surface area (Å²) in [6, 6.07) is 3.77. The van der Waals surface area contributed by atoms with Crippen LogP contribution in [0.3, 0.4) is 0 Å². The summed E-state index contributed by atoms with van der Waals surface area (Å²) < 4.78 is 6.02. The minimum absolute atomic E-state index is 0.141. The van der Waals surface area contributed by atoms with E-state index < -0.39 is 0 Å². The summed E-state index contributed by atoms with van der Waals surface area (Å²) in [5.74, 6) is 0.718. The molecule has 0 aliphatic heterocycles. The van der Waals surface area contributed by atoms with Gasteiger partial charge >= 0.3 is 0 Å². The maximum absolute atomic E-state index is 10.2. The number of hydrogen-bond donors (Lipinski definition) is 1. The van der Waals surface area contributed by atoms with E-state index in [0.717, 1.165) is 47.6 Å². The lowest BCUT2D eigenvalue weighted by atomic mass is 9.97. The number of oxazole rings is 1. The lowest BCUT2D eigenvalue weighted by Crippen LogP contribution is -2.26. The molecule has 0 spiro atoms. The lowest BCUT2D eigenvalue weighted by Gasteiger charge is -2.27. The van der Waals surface area contributed by atoms with Crippen molar-refractivity contribution in [2.75, 3.05) is 0 Å². The molecule has 1 heterocycles. The Morgan fingerprint density at radius 2 is 2.00 bits per heavy atom. The number of halogens is 1. The molecule has 1 aromatic carbocycles. The lowest BCUT2D eigenvalue weighted by molar-refractivity contribution is 0.137. The Morgan fingerprint density at radius 1 is 1.27 bits per heavy atom. The van der Waals surface area contributed by atoms with Crippen LogP contribution in [0.5, 0.6) is 0 Å². The molecule has 5 heteroatoms. The van der Waals surface area contributed by atoms with Crippen molar-refractivity contribution >= 4 is 34.5 Å². The maximum Gasteiger partial charge on any atom is 0.200 e. The zero-order valence-corrected chi connectivity index (χ0v) is 14.8. The van der Waals surface area contributed by atoms with Crippen LogP contribution < -0.4 is 0 Å². The monoisotopic (exact) mass is 339 g/mol. The van der Waals surface area contributed by atoms with Gasteiger partial charge in [0.05, 0.1) is 16.0 Å². The van der Waals surface area contributed by atoms with Crippen LogP contribution in [0.1, 0.15) is 52.3 Å². The number of aromatic nitrogens is 1. The van der Waals surface area contributed by atoms with Crippen molar-refractivity contribution in [3.8, 4) is 0 Å². The highest BCUT2D eigenvalue weighted by molar-refractivity contribution is 8.00. The fourth-order valence-corrected chi connectivity index (χ4v) is 4.34. The highest BCUT2D eigenvalue weighted by atomic mass is 35.5. The Hall–Kier alpha value is -0.710. The van der Waals surface area contributed by atoms with Crippen LogP contribution in [-0.4, -0.2) is 21.4 Å². The van der Waals surface area contributed by atoms with Crippen LogP contribution in [0, 0.1) is 0 Å². The van der Waals surface area contributed by atoms with E-state index in [9.17, 15) is 5.11 Å². The van der Waals surface area contributed by atoms with Gasteiger partial charge < -0.3 is 9.52 Å². The Balaban J connectivity index is 2.00. The number of aliphatic hydroxyl groups excluding tert-OH is 1. The van der Waals surface area contributed by atoms with Gasteiger partial charge in [0.25, 0.3) is 0 Å². The number of aliphatic hydroxyl groups is 1. The van der Waals surface area contributed by atoms with Gasteiger partial charge in [0, 0.05) is 10.7 Å². The van der Waals surface area contributed by atoms with E-state index in [-0.39, 0.29) is 16.8 Å². The number of rotatable bonds is 2. The van der Waals surface area contributed by atoms with Gasteiger partial charge in [-0.05, 0) is 25.0 Å². The van der Waals surface area contributed by atoms with Gasteiger partial charge in [0.2, 0.25) is 5.89 Å². The van der Waals surface area contributed by atoms with Crippen LogP contribution in [0.2, 0.25) is 5.02 Å². The summed E-state index contributed by atoms with van der Waals surface area (Å²) in [6.45, 7) is 6.24. The van der Waals surface area contributed by atoms with Gasteiger partial charge in [-0.15, -0.1) is 11.8 Å². The minimum atomic E-state index is -0.268. The highest BCUT2D eigenvalue weighted by Crippen LogP contribution is 2.42. The summed E-state index contributed by atoms with van der Waals surface area (Å²) in [5.41, 5.74) is 1.44. The molecule has 1 aliphatic carbocycles. The molecule has 1 saturated carbocycles. The van der Waals surface area contributed by atoms with Gasteiger partial charge in [0.15, 0.2) is 5.58 Å². The smallest absolute Gasteiger partial charge is 0.200 e. The van der Waals surface area contributed by atoms with Crippen LogP contribution in [0.25, 0.3) is 11.1 Å². The fourth-order valence-electron chi connectivity index (χ4n) is 2.74. The SMILES string of the molecule is CC(C)(C)c1nc2ccc(Cl)c(SC3CCCCC3O)c2o1. The normalized spacial score (nSPS) is 23.1. The average Bonchev–Trinajstić information content (AvgIpc) is 2.88. The Bertz CT molecular complexity index is 677. The third-order valence-electron chi connectivity index (χ3n) is 4.04. The van der Waals surface area contributed by atoms with Crippen molar-refractivity contribution in [3.05, 3.63) is 23.0 Å². The number of fused-ring (bicyclic) bond motifs is 1. The van der Waals surface area contributed by atoms with E-state index in [1.807, 2.05) is 12.1 Å². The molecule has 2 unspecified atom stereocenters. The van der Waals surface area contributed by atoms with E-state index in [1.54, 1.807) is 11.8 Å². The van der Waals surface area contributed by atoms with Gasteiger partial charge in [-0.25, -0.2) is 4.98 Å². The molecule has 2 aromatic rings. The minimum Gasteiger partial charge on any atom is -0.439 e. The second-order valence-corrected chi connectivity index (χ2v) is 8.66. The van der Waals surface area contributed by atoms with Crippen LogP contribution >= 0.6 is 23.4 Å². The largest absolute Gasteiger partial charge is 0.439 e. The summed E-state index contributed by atoms with van der Waals surface area (Å²) in [4.78, 5) is 5.51. The summed E-state index contributed by atoms with van der Waals surface area (Å²) in [7, 11) is 0. The molecular weight excluding hydrogens is 318 g/mol. The van der Waals surface area contributed by atoms with E-state index in [0.29, 0.717) is 5.02 Å². The molecule has 1 aromatic heterocycles. The predicted molar refractivity (Wildman–Crippen MR) is 91.8 cm³/mol. The first-order chi connectivity index (χ1) is 10.4. The molecule has 1 aliphatic rings. The third kappa shape index (κ3) is 3.15. The summed E-state index contributed by atoms with van der Waals surface area (Å²) >= 11 is 8.04. The van der Waals surface area contributed by atoms with Crippen molar-refractivity contribution in [2.45, 2.75) is 68.1 Å². The molecule has 2 atom stereocenters. The van der Waals surface area contributed by atoms with Crippen LogP contribution in [-0.2, 0) is 5.41 Å². The summed E-state index contributed by atoms with van der Waals surface area (Å²) in [6.07, 6.45) is 3.88. The van der Waals surface area contributed by atoms with Gasteiger partial charge in [-0.1, -0.05) is 45.2 Å². The summed E-state index contributed by atoms with van der Waals surface area (Å²) in [5, 5.41) is 11.1. The first-order valence-electron chi connectivity index (χ1n) is 7.80. The van der Waals surface area contributed by atoms with Gasteiger partial charge in [-0.3, -0.25) is 0 Å².